The summed E-state index contributed by atoms with van der Waals surface area (Å²) in [6.45, 7) is 2.10. The van der Waals surface area contributed by atoms with Crippen LogP contribution in [0.15, 0.2) is 66.9 Å². The number of aliphatic hydroxyl groups excluding tert-OH is 1. The third kappa shape index (κ3) is 5.26. The molecule has 3 N–H and O–H groups in total. The lowest BCUT2D eigenvalue weighted by Gasteiger charge is -2.18. The number of aliphatic hydroxyl groups is 1. The highest BCUT2D eigenvalue weighted by atomic mass is 19.1. The summed E-state index contributed by atoms with van der Waals surface area (Å²) in [5, 5.41) is 13.9. The average Bonchev–Trinajstić information content (AvgIpc) is 3.24. The van der Waals surface area contributed by atoms with Crippen molar-refractivity contribution in [3.05, 3.63) is 89.6 Å². The van der Waals surface area contributed by atoms with Crippen LogP contribution in [-0.4, -0.2) is 35.3 Å². The Labute approximate surface area is 196 Å². The molecule has 1 aromatic heterocycles. The number of aromatic nitrogens is 1. The number of hydrogen-bond acceptors (Lipinski definition) is 3. The lowest BCUT2D eigenvalue weighted by Crippen LogP contribution is -2.39. The van der Waals surface area contributed by atoms with E-state index in [1.807, 2.05) is 37.4 Å². The Balaban J connectivity index is 1.61. The number of amides is 1. The summed E-state index contributed by atoms with van der Waals surface area (Å²) >= 11 is 0. The highest BCUT2D eigenvalue weighted by Gasteiger charge is 2.20. The van der Waals surface area contributed by atoms with Crippen LogP contribution in [0.1, 0.15) is 29.3 Å². The van der Waals surface area contributed by atoms with Crippen LogP contribution in [0.2, 0.25) is 0 Å². The minimum atomic E-state index is -0.702. The highest BCUT2D eigenvalue weighted by Crippen LogP contribution is 2.28. The molecule has 0 aliphatic heterocycles. The zero-order valence-electron chi connectivity index (χ0n) is 18.8. The van der Waals surface area contributed by atoms with Gasteiger partial charge in [-0.25, -0.2) is 8.78 Å². The second-order valence-corrected chi connectivity index (χ2v) is 8.13. The first kappa shape index (κ1) is 23.4. The lowest BCUT2D eigenvalue weighted by molar-refractivity contribution is 0.0912. The number of ether oxygens (including phenoxy) is 1. The molecule has 176 valence electrons. The van der Waals surface area contributed by atoms with E-state index in [1.165, 1.54) is 12.1 Å². The summed E-state index contributed by atoms with van der Waals surface area (Å²) < 4.78 is 33.3. The first-order valence-electron chi connectivity index (χ1n) is 11.2. The van der Waals surface area contributed by atoms with Crippen LogP contribution < -0.4 is 10.1 Å². The molecule has 0 spiro atoms. The van der Waals surface area contributed by atoms with E-state index >= 15 is 0 Å². The number of rotatable bonds is 9. The van der Waals surface area contributed by atoms with E-state index in [0.29, 0.717) is 29.9 Å². The number of nitrogens with one attached hydrogen (secondary N) is 2. The van der Waals surface area contributed by atoms with Crippen molar-refractivity contribution in [2.75, 3.05) is 13.2 Å². The predicted octanol–water partition coefficient (Wildman–Crippen LogP) is 5.24. The molecule has 0 aliphatic carbocycles. The second kappa shape index (κ2) is 10.5. The second-order valence-electron chi connectivity index (χ2n) is 8.13. The monoisotopic (exact) mass is 464 g/mol. The zero-order valence-corrected chi connectivity index (χ0v) is 18.8. The van der Waals surface area contributed by atoms with E-state index in [0.717, 1.165) is 29.0 Å². The lowest BCUT2D eigenvalue weighted by atomic mass is 10.0. The molecule has 0 aliphatic rings. The maximum Gasteiger partial charge on any atom is 0.255 e. The van der Waals surface area contributed by atoms with E-state index in [1.54, 1.807) is 18.2 Å². The molecule has 1 amide bonds. The van der Waals surface area contributed by atoms with Crippen LogP contribution in [0.25, 0.3) is 22.0 Å². The fourth-order valence-corrected chi connectivity index (χ4v) is 3.94. The molecule has 1 heterocycles. The van der Waals surface area contributed by atoms with Crippen molar-refractivity contribution in [2.45, 2.75) is 25.8 Å². The molecular formula is C27H26F2N2O3. The summed E-state index contributed by atoms with van der Waals surface area (Å²) in [4.78, 5) is 16.4. The summed E-state index contributed by atoms with van der Waals surface area (Å²) in [6, 6.07) is 15.3. The molecule has 4 aromatic rings. The third-order valence-electron chi connectivity index (χ3n) is 5.58. The number of para-hydroxylation sites is 1. The summed E-state index contributed by atoms with van der Waals surface area (Å²) in [5.74, 6) is -1.48. The largest absolute Gasteiger partial charge is 0.493 e. The quantitative estimate of drug-likeness (QED) is 0.317. The van der Waals surface area contributed by atoms with Crippen molar-refractivity contribution >= 4 is 16.8 Å². The van der Waals surface area contributed by atoms with Gasteiger partial charge >= 0.3 is 0 Å². The number of hydrogen-bond donors (Lipinski definition) is 3. The molecule has 7 heteroatoms. The number of aromatic amines is 1. The Morgan fingerprint density at radius 2 is 1.82 bits per heavy atom. The van der Waals surface area contributed by atoms with E-state index in [4.69, 9.17) is 4.74 Å². The van der Waals surface area contributed by atoms with Gasteiger partial charge in [0.15, 0.2) is 0 Å². The summed E-state index contributed by atoms with van der Waals surface area (Å²) in [7, 11) is 0. The van der Waals surface area contributed by atoms with Gasteiger partial charge in [0.05, 0.1) is 24.8 Å². The molecule has 0 bridgehead atoms. The van der Waals surface area contributed by atoms with Gasteiger partial charge in [-0.05, 0) is 59.9 Å². The Bertz CT molecular complexity index is 1280. The van der Waals surface area contributed by atoms with Crippen LogP contribution in [0.3, 0.4) is 0 Å². The molecule has 34 heavy (non-hydrogen) atoms. The Morgan fingerprint density at radius 1 is 1.06 bits per heavy atom. The van der Waals surface area contributed by atoms with E-state index < -0.39 is 23.6 Å². The molecule has 5 nitrogen and oxygen atoms in total. The maximum absolute atomic E-state index is 13.8. The topological polar surface area (TPSA) is 74.3 Å². The van der Waals surface area contributed by atoms with Gasteiger partial charge in [0, 0.05) is 23.2 Å². The molecule has 0 saturated carbocycles. The fourth-order valence-electron chi connectivity index (χ4n) is 3.94. The van der Waals surface area contributed by atoms with Crippen LogP contribution in [0, 0.1) is 11.6 Å². The van der Waals surface area contributed by atoms with E-state index in [2.05, 4.69) is 10.3 Å². The van der Waals surface area contributed by atoms with Gasteiger partial charge in [-0.1, -0.05) is 31.2 Å². The van der Waals surface area contributed by atoms with Crippen molar-refractivity contribution in [3.8, 4) is 16.9 Å². The number of carbonyl (C=O) groups is 1. The van der Waals surface area contributed by atoms with Gasteiger partial charge in [-0.3, -0.25) is 4.79 Å². The zero-order chi connectivity index (χ0) is 24.1. The SMILES string of the molecule is CCCOc1ccc(-c2cc(F)cc(F)c2)cc1C(=O)N[C@H](CO)Cc1c[nH]c2ccccc12. The standard InChI is InChI=1S/C27H26F2N2O3/c1-2-9-34-26-8-7-17(18-10-20(28)14-21(29)11-18)13-24(26)27(33)31-22(16-32)12-19-15-30-25-6-4-3-5-23(19)25/h3-8,10-11,13-15,22,30,32H,2,9,12,16H2,1H3,(H,31,33)/t22-/m0/s1. The average molecular weight is 465 g/mol. The van der Waals surface area contributed by atoms with Gasteiger partial charge in [0.1, 0.15) is 17.4 Å². The van der Waals surface area contributed by atoms with Gasteiger partial charge in [-0.2, -0.15) is 0 Å². The summed E-state index contributed by atoms with van der Waals surface area (Å²) in [5.41, 5.74) is 2.97. The molecule has 0 unspecified atom stereocenters. The number of benzene rings is 3. The number of H-pyrrole nitrogens is 1. The van der Waals surface area contributed by atoms with E-state index in [-0.39, 0.29) is 12.2 Å². The molecule has 3 aromatic carbocycles. The Kier molecular flexibility index (Phi) is 7.23. The number of fused-ring (bicyclic) bond motifs is 1. The molecule has 0 fully saturated rings. The third-order valence-corrected chi connectivity index (χ3v) is 5.58. The molecule has 4 rings (SSSR count). The first-order chi connectivity index (χ1) is 16.5. The molecular weight excluding hydrogens is 438 g/mol. The van der Waals surface area contributed by atoms with Gasteiger partial charge in [0.2, 0.25) is 0 Å². The van der Waals surface area contributed by atoms with Crippen molar-refractivity contribution in [3.63, 3.8) is 0 Å². The fraction of sp³-hybridized carbons (Fsp3) is 0.222. The first-order valence-corrected chi connectivity index (χ1v) is 11.2. The van der Waals surface area contributed by atoms with Crippen LogP contribution in [0.4, 0.5) is 8.78 Å². The highest BCUT2D eigenvalue weighted by molar-refractivity contribution is 5.98. The molecule has 0 saturated heterocycles. The summed E-state index contributed by atoms with van der Waals surface area (Å²) in [6.07, 6.45) is 3.04. The van der Waals surface area contributed by atoms with Crippen molar-refractivity contribution < 1.29 is 23.4 Å². The van der Waals surface area contributed by atoms with Crippen LogP contribution in [0.5, 0.6) is 5.75 Å². The minimum Gasteiger partial charge on any atom is -0.493 e. The normalized spacial score (nSPS) is 12.0. The van der Waals surface area contributed by atoms with Crippen molar-refractivity contribution in [2.24, 2.45) is 0 Å². The van der Waals surface area contributed by atoms with Crippen molar-refractivity contribution in [1.82, 2.24) is 10.3 Å². The van der Waals surface area contributed by atoms with Crippen molar-refractivity contribution in [1.29, 1.82) is 0 Å². The maximum atomic E-state index is 13.8. The minimum absolute atomic E-state index is 0.230. The van der Waals surface area contributed by atoms with Crippen LogP contribution in [-0.2, 0) is 6.42 Å². The Hall–Kier alpha value is -3.71. The predicted molar refractivity (Wildman–Crippen MR) is 128 cm³/mol. The van der Waals surface area contributed by atoms with Crippen LogP contribution >= 0.6 is 0 Å². The van der Waals surface area contributed by atoms with Gasteiger partial charge < -0.3 is 20.1 Å². The van der Waals surface area contributed by atoms with E-state index in [9.17, 15) is 18.7 Å². The molecule has 1 atom stereocenters. The number of halogens is 2. The Morgan fingerprint density at radius 3 is 2.56 bits per heavy atom. The van der Waals surface area contributed by atoms with Gasteiger partial charge in [-0.15, -0.1) is 0 Å². The smallest absolute Gasteiger partial charge is 0.255 e. The van der Waals surface area contributed by atoms with Gasteiger partial charge in [0.25, 0.3) is 5.91 Å². The number of carbonyl (C=O) groups excluding carboxylic acids is 1. The molecule has 0 radical (unpaired) electrons.